The quantitative estimate of drug-likeness (QED) is 0.908. The number of ether oxygens (including phenoxy) is 1. The van der Waals surface area contributed by atoms with Crippen LogP contribution in [0.15, 0.2) is 18.2 Å². The van der Waals surface area contributed by atoms with Gasteiger partial charge in [0.05, 0.1) is 12.4 Å². The van der Waals surface area contributed by atoms with Gasteiger partial charge in [-0.1, -0.05) is 18.9 Å². The third-order valence-electron chi connectivity index (χ3n) is 4.79. The van der Waals surface area contributed by atoms with Gasteiger partial charge in [-0.05, 0) is 55.4 Å². The van der Waals surface area contributed by atoms with Crippen molar-refractivity contribution in [3.8, 4) is 5.75 Å². The number of sulfonamides is 1. The summed E-state index contributed by atoms with van der Waals surface area (Å²) in [7, 11) is -3.46. The predicted molar refractivity (Wildman–Crippen MR) is 82.8 cm³/mol. The highest BCUT2D eigenvalue weighted by Crippen LogP contribution is 2.39. The maximum Gasteiger partial charge on any atom is 0.209 e. The van der Waals surface area contributed by atoms with Crippen molar-refractivity contribution in [3.63, 3.8) is 0 Å². The second-order valence-corrected chi connectivity index (χ2v) is 8.20. The van der Waals surface area contributed by atoms with E-state index in [1.165, 1.54) is 17.5 Å². The third-order valence-corrected chi connectivity index (χ3v) is 5.80. The molecule has 4 nitrogen and oxygen atoms in total. The highest BCUT2D eigenvalue weighted by Gasteiger charge is 2.38. The Hall–Kier alpha value is -1.07. The molecule has 3 rings (SSSR count). The number of primary sulfonamides is 1. The van der Waals surface area contributed by atoms with Gasteiger partial charge in [-0.3, -0.25) is 0 Å². The third kappa shape index (κ3) is 3.58. The van der Waals surface area contributed by atoms with Gasteiger partial charge in [0, 0.05) is 5.41 Å². The number of benzene rings is 1. The zero-order chi connectivity index (χ0) is 14.9. The second kappa shape index (κ2) is 5.61. The predicted octanol–water partition coefficient (Wildman–Crippen LogP) is 2.40. The lowest BCUT2D eigenvalue weighted by molar-refractivity contribution is 0.170. The van der Waals surface area contributed by atoms with Gasteiger partial charge < -0.3 is 4.74 Å². The molecule has 0 aromatic heterocycles. The molecule has 0 aliphatic heterocycles. The normalized spacial score (nSPS) is 20.4. The van der Waals surface area contributed by atoms with Crippen molar-refractivity contribution in [1.82, 2.24) is 0 Å². The fraction of sp³-hybridized carbons (Fsp3) is 0.625. The summed E-state index contributed by atoms with van der Waals surface area (Å²) in [6, 6.07) is 6.25. The first-order valence-corrected chi connectivity index (χ1v) is 9.43. The van der Waals surface area contributed by atoms with E-state index in [0.717, 1.165) is 44.3 Å². The highest BCUT2D eigenvalue weighted by molar-refractivity contribution is 7.89. The van der Waals surface area contributed by atoms with Crippen LogP contribution >= 0.6 is 0 Å². The molecule has 0 heterocycles. The molecule has 0 saturated heterocycles. The van der Waals surface area contributed by atoms with Crippen LogP contribution in [0.5, 0.6) is 5.75 Å². The zero-order valence-corrected chi connectivity index (χ0v) is 13.1. The van der Waals surface area contributed by atoms with Gasteiger partial charge in [0.1, 0.15) is 5.75 Å². The summed E-state index contributed by atoms with van der Waals surface area (Å²) in [5.74, 6) is 0.890. The first-order chi connectivity index (χ1) is 9.96. The van der Waals surface area contributed by atoms with Crippen molar-refractivity contribution >= 4 is 10.0 Å². The van der Waals surface area contributed by atoms with Crippen LogP contribution in [-0.4, -0.2) is 20.8 Å². The molecule has 0 atom stereocenters. The molecule has 1 aromatic rings. The molecule has 0 bridgehead atoms. The molecule has 21 heavy (non-hydrogen) atoms. The minimum atomic E-state index is -3.46. The zero-order valence-electron chi connectivity index (χ0n) is 12.3. The SMILES string of the molecule is NS(=O)(=O)CC1(COc2ccc3c(c2)CCC3)CCCC1. The van der Waals surface area contributed by atoms with Crippen LogP contribution in [0.3, 0.4) is 0 Å². The molecule has 0 unspecified atom stereocenters. The summed E-state index contributed by atoms with van der Waals surface area (Å²) < 4.78 is 28.9. The van der Waals surface area contributed by atoms with Crippen LogP contribution in [0.2, 0.25) is 0 Å². The van der Waals surface area contributed by atoms with Crippen molar-refractivity contribution in [1.29, 1.82) is 0 Å². The van der Waals surface area contributed by atoms with E-state index >= 15 is 0 Å². The minimum Gasteiger partial charge on any atom is -0.493 e. The summed E-state index contributed by atoms with van der Waals surface area (Å²) in [4.78, 5) is 0. The second-order valence-electron chi connectivity index (χ2n) is 6.59. The molecule has 2 aliphatic rings. The lowest BCUT2D eigenvalue weighted by Crippen LogP contribution is -2.36. The molecule has 5 heteroatoms. The van der Waals surface area contributed by atoms with E-state index in [4.69, 9.17) is 9.88 Å². The smallest absolute Gasteiger partial charge is 0.209 e. The Labute approximate surface area is 126 Å². The Balaban J connectivity index is 1.70. The number of nitrogens with two attached hydrogens (primary N) is 1. The molecule has 2 aliphatic carbocycles. The van der Waals surface area contributed by atoms with Gasteiger partial charge in [0.25, 0.3) is 0 Å². The minimum absolute atomic E-state index is 0.0327. The van der Waals surface area contributed by atoms with Crippen LogP contribution < -0.4 is 9.88 Å². The fourth-order valence-electron chi connectivity index (χ4n) is 3.76. The molecule has 116 valence electrons. The van der Waals surface area contributed by atoms with Crippen LogP contribution in [0, 0.1) is 5.41 Å². The van der Waals surface area contributed by atoms with E-state index in [1.54, 1.807) is 0 Å². The summed E-state index contributed by atoms with van der Waals surface area (Å²) in [5.41, 5.74) is 2.49. The summed E-state index contributed by atoms with van der Waals surface area (Å²) >= 11 is 0. The van der Waals surface area contributed by atoms with E-state index in [0.29, 0.717) is 6.61 Å². The van der Waals surface area contributed by atoms with Crippen molar-refractivity contribution in [2.75, 3.05) is 12.4 Å². The van der Waals surface area contributed by atoms with Gasteiger partial charge in [0.2, 0.25) is 10.0 Å². The average Bonchev–Trinajstić information content (AvgIpc) is 3.03. The van der Waals surface area contributed by atoms with E-state index in [-0.39, 0.29) is 11.2 Å². The van der Waals surface area contributed by atoms with Gasteiger partial charge in [-0.2, -0.15) is 0 Å². The summed E-state index contributed by atoms with van der Waals surface area (Å²) in [6.07, 6.45) is 7.38. The van der Waals surface area contributed by atoms with Crippen molar-refractivity contribution in [3.05, 3.63) is 29.3 Å². The first-order valence-electron chi connectivity index (χ1n) is 7.71. The van der Waals surface area contributed by atoms with Gasteiger partial charge in [0.15, 0.2) is 0 Å². The monoisotopic (exact) mass is 309 g/mol. The lowest BCUT2D eigenvalue weighted by atomic mass is 9.90. The average molecular weight is 309 g/mol. The number of hydrogen-bond donors (Lipinski definition) is 1. The van der Waals surface area contributed by atoms with Crippen molar-refractivity contribution in [2.45, 2.75) is 44.9 Å². The van der Waals surface area contributed by atoms with E-state index in [1.807, 2.05) is 6.07 Å². The van der Waals surface area contributed by atoms with Crippen molar-refractivity contribution < 1.29 is 13.2 Å². The first kappa shape index (κ1) is 14.9. The molecule has 0 radical (unpaired) electrons. The topological polar surface area (TPSA) is 69.4 Å². The molecule has 1 fully saturated rings. The summed E-state index contributed by atoms with van der Waals surface area (Å²) in [6.45, 7) is 0.447. The maximum absolute atomic E-state index is 11.5. The van der Waals surface area contributed by atoms with Gasteiger partial charge in [-0.15, -0.1) is 0 Å². The van der Waals surface area contributed by atoms with Crippen LogP contribution in [0.25, 0.3) is 0 Å². The Morgan fingerprint density at radius 1 is 1.10 bits per heavy atom. The largest absolute Gasteiger partial charge is 0.493 e. The standard InChI is InChI=1S/C16H23NO3S/c17-21(18,19)12-16(8-1-2-9-16)11-20-15-7-6-13-4-3-5-14(13)10-15/h6-7,10H,1-5,8-9,11-12H2,(H2,17,18,19). The van der Waals surface area contributed by atoms with E-state index in [9.17, 15) is 8.42 Å². The number of fused-ring (bicyclic) bond motifs is 1. The van der Waals surface area contributed by atoms with Gasteiger partial charge >= 0.3 is 0 Å². The van der Waals surface area contributed by atoms with E-state index < -0.39 is 10.0 Å². The molecule has 2 N–H and O–H groups in total. The number of aryl methyl sites for hydroxylation is 2. The number of hydrogen-bond acceptors (Lipinski definition) is 3. The lowest BCUT2D eigenvalue weighted by Gasteiger charge is -2.27. The highest BCUT2D eigenvalue weighted by atomic mass is 32.2. The molecule has 0 spiro atoms. The Morgan fingerprint density at radius 3 is 2.52 bits per heavy atom. The van der Waals surface area contributed by atoms with Crippen LogP contribution in [0.4, 0.5) is 0 Å². The molecule has 1 saturated carbocycles. The maximum atomic E-state index is 11.5. The molecule has 0 amide bonds. The molecular formula is C16H23NO3S. The summed E-state index contributed by atoms with van der Waals surface area (Å²) in [5, 5.41) is 5.26. The van der Waals surface area contributed by atoms with Crippen LogP contribution in [0.1, 0.15) is 43.2 Å². The fourth-order valence-corrected chi connectivity index (χ4v) is 4.98. The Kier molecular flexibility index (Phi) is 3.97. The van der Waals surface area contributed by atoms with Crippen molar-refractivity contribution in [2.24, 2.45) is 10.6 Å². The molecular weight excluding hydrogens is 286 g/mol. The molecule has 1 aromatic carbocycles. The van der Waals surface area contributed by atoms with E-state index in [2.05, 4.69) is 12.1 Å². The van der Waals surface area contributed by atoms with Gasteiger partial charge in [-0.25, -0.2) is 13.6 Å². The Morgan fingerprint density at radius 2 is 1.81 bits per heavy atom. The van der Waals surface area contributed by atoms with Crippen LogP contribution in [-0.2, 0) is 22.9 Å². The Bertz CT molecular complexity index is 618. The number of rotatable bonds is 5.